The van der Waals surface area contributed by atoms with E-state index >= 15 is 0 Å². The Kier molecular flexibility index (Phi) is 11.9. The Labute approximate surface area is 330 Å². The molecule has 3 saturated heterocycles. The first-order valence-electron chi connectivity index (χ1n) is 18.8. The van der Waals surface area contributed by atoms with Crippen molar-refractivity contribution in [3.63, 3.8) is 0 Å². The fraction of sp³-hybridized carbons (Fsp3) is 0.375. The third-order valence-electron chi connectivity index (χ3n) is 10.5. The summed E-state index contributed by atoms with van der Waals surface area (Å²) in [6.45, 7) is 6.08. The third kappa shape index (κ3) is 9.17. The average Bonchev–Trinajstić information content (AvgIpc) is 3.21. The molecular weight excluding hydrogens is 736 g/mol. The van der Waals surface area contributed by atoms with Crippen LogP contribution in [0.2, 0.25) is 5.02 Å². The first-order chi connectivity index (χ1) is 27.1. The molecule has 0 aliphatic carbocycles. The van der Waals surface area contributed by atoms with E-state index in [2.05, 4.69) is 58.2 Å². The van der Waals surface area contributed by atoms with Crippen LogP contribution in [0.4, 0.5) is 34.6 Å². The summed E-state index contributed by atoms with van der Waals surface area (Å²) in [6.07, 6.45) is 5.91. The number of nitrogens with zero attached hydrogens (tertiary/aromatic N) is 6. The van der Waals surface area contributed by atoms with E-state index in [1.165, 1.54) is 18.7 Å². The van der Waals surface area contributed by atoms with E-state index in [0.29, 0.717) is 85.0 Å². The molecule has 1 unspecified atom stereocenters. The van der Waals surface area contributed by atoms with Gasteiger partial charge in [0.15, 0.2) is 11.6 Å². The average molecular weight is 781 g/mol. The van der Waals surface area contributed by atoms with Crippen molar-refractivity contribution in [1.82, 2.24) is 30.1 Å². The number of likely N-dealkylation sites (tertiary alicyclic amines) is 1. The summed E-state index contributed by atoms with van der Waals surface area (Å²) < 4.78 is 5.70. The number of piperazine rings is 1. The quantitative estimate of drug-likeness (QED) is 0.112. The minimum absolute atomic E-state index is 0.0856. The van der Waals surface area contributed by atoms with Crippen molar-refractivity contribution in [2.45, 2.75) is 44.6 Å². The van der Waals surface area contributed by atoms with Crippen molar-refractivity contribution >= 4 is 69.8 Å². The molecule has 4 aromatic rings. The molecule has 3 fully saturated rings. The molecule has 1 atom stereocenters. The minimum Gasteiger partial charge on any atom is -0.494 e. The molecule has 0 radical (unpaired) electrons. The fourth-order valence-electron chi connectivity index (χ4n) is 7.31. The Morgan fingerprint density at radius 3 is 2.38 bits per heavy atom. The van der Waals surface area contributed by atoms with Gasteiger partial charge >= 0.3 is 0 Å². The smallest absolute Gasteiger partial charge is 0.249 e. The number of anilines is 6. The summed E-state index contributed by atoms with van der Waals surface area (Å²) in [5, 5.41) is 12.2. The number of hydrogen-bond donors (Lipinski definition) is 4. The summed E-state index contributed by atoms with van der Waals surface area (Å²) in [4.78, 5) is 68.8. The van der Waals surface area contributed by atoms with Gasteiger partial charge in [-0.1, -0.05) is 35.9 Å². The van der Waals surface area contributed by atoms with Gasteiger partial charge in [0, 0.05) is 49.9 Å². The number of Topliss-reactive ketones (excluding diaryl/α,β-unsaturated/α-hetero) is 1. The van der Waals surface area contributed by atoms with Crippen molar-refractivity contribution in [2.24, 2.45) is 0 Å². The number of carbonyl (C=O) groups excluding carboxylic acids is 4. The number of ketones is 1. The standard InChI is InChI=1S/C40H45ClN10O5/c1-25(52)29-5-3-4-6-31(29)45-38-30(41)22-43-40(48-38)46-33-23-42-35(21-34(33)56-2)50-17-19-51(20-18-50)37(54)24-49-15-13-27(14-16-49)26-7-9-28(10-8-26)44-32-11-12-36(53)47-39(32)55/h3-10,21-23,27,32,44H,11-20,24H2,1-2H3,(H,47,53,55)(H2,43,45,46,48). The molecule has 0 saturated carbocycles. The maximum absolute atomic E-state index is 13.3. The number of nitrogens with one attached hydrogen (secondary N) is 4. The molecule has 3 aliphatic rings. The number of hydrogen-bond acceptors (Lipinski definition) is 13. The largest absolute Gasteiger partial charge is 0.494 e. The van der Waals surface area contributed by atoms with Gasteiger partial charge in [0.1, 0.15) is 28.3 Å². The topological polar surface area (TPSA) is 174 Å². The maximum Gasteiger partial charge on any atom is 0.249 e. The van der Waals surface area contributed by atoms with Gasteiger partial charge in [0.25, 0.3) is 0 Å². The van der Waals surface area contributed by atoms with Crippen molar-refractivity contribution < 1.29 is 23.9 Å². The highest BCUT2D eigenvalue weighted by atomic mass is 35.5. The van der Waals surface area contributed by atoms with Gasteiger partial charge in [0.05, 0.1) is 31.7 Å². The number of imide groups is 1. The van der Waals surface area contributed by atoms with Crippen molar-refractivity contribution in [3.05, 3.63) is 83.1 Å². The lowest BCUT2D eigenvalue weighted by Crippen LogP contribution is -2.52. The highest BCUT2D eigenvalue weighted by molar-refractivity contribution is 6.33. The van der Waals surface area contributed by atoms with E-state index in [0.717, 1.165) is 37.4 Å². The van der Waals surface area contributed by atoms with Gasteiger partial charge in [-0.2, -0.15) is 4.98 Å². The third-order valence-corrected chi connectivity index (χ3v) is 10.8. The summed E-state index contributed by atoms with van der Waals surface area (Å²) >= 11 is 6.40. The molecule has 3 amide bonds. The molecule has 2 aromatic heterocycles. The van der Waals surface area contributed by atoms with Crippen LogP contribution in [0.3, 0.4) is 0 Å². The second kappa shape index (κ2) is 17.3. The van der Waals surface area contributed by atoms with Gasteiger partial charge in [-0.05, 0) is 75.0 Å². The molecule has 0 bridgehead atoms. The van der Waals surface area contributed by atoms with Crippen LogP contribution in [-0.4, -0.2) is 107 Å². The molecule has 7 rings (SSSR count). The van der Waals surface area contributed by atoms with E-state index in [4.69, 9.17) is 16.3 Å². The summed E-state index contributed by atoms with van der Waals surface area (Å²) in [6, 6.07) is 16.8. The van der Waals surface area contributed by atoms with Crippen molar-refractivity contribution in [3.8, 4) is 5.75 Å². The zero-order chi connectivity index (χ0) is 39.2. The monoisotopic (exact) mass is 780 g/mol. The van der Waals surface area contributed by atoms with Gasteiger partial charge in [-0.3, -0.25) is 29.4 Å². The second-order valence-electron chi connectivity index (χ2n) is 14.2. The molecule has 4 N–H and O–H groups in total. The van der Waals surface area contributed by atoms with Crippen LogP contribution in [0.5, 0.6) is 5.75 Å². The highest BCUT2D eigenvalue weighted by Gasteiger charge is 2.28. The number of rotatable bonds is 12. The Hall–Kier alpha value is -5.80. The van der Waals surface area contributed by atoms with E-state index in [1.54, 1.807) is 31.5 Å². The molecule has 0 spiro atoms. The van der Waals surface area contributed by atoms with Gasteiger partial charge < -0.3 is 30.5 Å². The zero-order valence-electron chi connectivity index (χ0n) is 31.4. The number of ether oxygens (including phenoxy) is 1. The molecule has 16 heteroatoms. The van der Waals surface area contributed by atoms with E-state index in [-0.39, 0.29) is 29.5 Å². The molecule has 15 nitrogen and oxygen atoms in total. The number of carbonyl (C=O) groups is 4. The van der Waals surface area contributed by atoms with E-state index in [1.807, 2.05) is 29.2 Å². The first-order valence-corrected chi connectivity index (χ1v) is 19.2. The number of halogens is 1. The molecule has 5 heterocycles. The Morgan fingerprint density at radius 2 is 1.66 bits per heavy atom. The predicted molar refractivity (Wildman–Crippen MR) is 214 cm³/mol. The van der Waals surface area contributed by atoms with Gasteiger partial charge in [-0.15, -0.1) is 0 Å². The van der Waals surface area contributed by atoms with Crippen LogP contribution in [0, 0.1) is 0 Å². The van der Waals surface area contributed by atoms with E-state index in [9.17, 15) is 19.2 Å². The number of benzene rings is 2. The number of piperidine rings is 2. The van der Waals surface area contributed by atoms with Gasteiger partial charge in [0.2, 0.25) is 23.7 Å². The first kappa shape index (κ1) is 38.5. The molecule has 292 valence electrons. The summed E-state index contributed by atoms with van der Waals surface area (Å²) in [5.41, 5.74) is 3.77. The Balaban J connectivity index is 0.876. The van der Waals surface area contributed by atoms with Crippen LogP contribution in [-0.2, 0) is 14.4 Å². The molecule has 3 aliphatic heterocycles. The second-order valence-corrected chi connectivity index (χ2v) is 14.6. The number of amides is 3. The highest BCUT2D eigenvalue weighted by Crippen LogP contribution is 2.33. The van der Waals surface area contributed by atoms with Crippen LogP contribution in [0.25, 0.3) is 0 Å². The number of methoxy groups -OCH3 is 1. The van der Waals surface area contributed by atoms with Crippen LogP contribution >= 0.6 is 11.6 Å². The maximum atomic E-state index is 13.3. The SMILES string of the molecule is COc1cc(N2CCN(C(=O)CN3CCC(c4ccc(NC5CCC(=O)NC5=O)cc4)CC3)CC2)ncc1Nc1ncc(Cl)c(Nc2ccccc2C(C)=O)n1. The lowest BCUT2D eigenvalue weighted by molar-refractivity contribution is -0.134. The van der Waals surface area contributed by atoms with Gasteiger partial charge in [-0.25, -0.2) is 9.97 Å². The van der Waals surface area contributed by atoms with Crippen LogP contribution < -0.4 is 30.9 Å². The number of pyridine rings is 1. The number of aromatic nitrogens is 3. The summed E-state index contributed by atoms with van der Waals surface area (Å²) in [5.74, 6) is 1.84. The lowest BCUT2D eigenvalue weighted by Gasteiger charge is -2.37. The normalized spacial score (nSPS) is 17.9. The lowest BCUT2D eigenvalue weighted by atomic mass is 9.89. The van der Waals surface area contributed by atoms with Crippen LogP contribution in [0.1, 0.15) is 54.4 Å². The van der Waals surface area contributed by atoms with E-state index < -0.39 is 6.04 Å². The molecule has 56 heavy (non-hydrogen) atoms. The minimum atomic E-state index is -0.404. The molecule has 2 aromatic carbocycles. The predicted octanol–water partition coefficient (Wildman–Crippen LogP) is 4.97. The number of para-hydroxylation sites is 1. The fourth-order valence-corrected chi connectivity index (χ4v) is 7.45. The Morgan fingerprint density at radius 1 is 0.911 bits per heavy atom. The zero-order valence-corrected chi connectivity index (χ0v) is 32.1. The molecular formula is C40H45ClN10O5. The summed E-state index contributed by atoms with van der Waals surface area (Å²) in [7, 11) is 1.58. The van der Waals surface area contributed by atoms with Crippen LogP contribution in [0.15, 0.2) is 67.0 Å². The Bertz CT molecular complexity index is 2080. The van der Waals surface area contributed by atoms with Crippen molar-refractivity contribution in [2.75, 3.05) is 73.8 Å². The van der Waals surface area contributed by atoms with Crippen molar-refractivity contribution in [1.29, 1.82) is 0 Å².